The Morgan fingerprint density at radius 1 is 1.50 bits per heavy atom. The van der Waals surface area contributed by atoms with Gasteiger partial charge in [0.15, 0.2) is 0 Å². The Hall–Kier alpha value is -1.58. The number of likely N-dealkylation sites (N-methyl/N-ethyl adjacent to an activating group) is 1. The monoisotopic (exact) mass is 219 g/mol. The smallest absolute Gasteiger partial charge is 0.222 e. The van der Waals surface area contributed by atoms with Gasteiger partial charge < -0.3 is 10.2 Å². The topological polar surface area (TPSA) is 45.2 Å². The number of carbonyl (C=O) groups excluding carboxylic acids is 1. The summed E-state index contributed by atoms with van der Waals surface area (Å²) in [6.07, 6.45) is 1.51. The van der Waals surface area contributed by atoms with Crippen LogP contribution in [0.1, 0.15) is 18.5 Å². The summed E-state index contributed by atoms with van der Waals surface area (Å²) in [5.41, 5.74) is 1.00. The number of piperidine rings is 1. The third kappa shape index (κ3) is 2.51. The fraction of sp³-hybridized carbons (Fsp3) is 0.500. The lowest BCUT2D eigenvalue weighted by molar-refractivity contribution is -0.132. The molecule has 1 N–H and O–H groups in total. The summed E-state index contributed by atoms with van der Waals surface area (Å²) >= 11 is 0. The summed E-state index contributed by atoms with van der Waals surface area (Å²) in [6, 6.07) is 6.24. The van der Waals surface area contributed by atoms with E-state index in [0.29, 0.717) is 12.5 Å². The average molecular weight is 219 g/mol. The van der Waals surface area contributed by atoms with Crippen LogP contribution in [0.25, 0.3) is 0 Å². The molecule has 1 aliphatic rings. The van der Waals surface area contributed by atoms with E-state index in [1.165, 1.54) is 0 Å². The van der Waals surface area contributed by atoms with Crippen molar-refractivity contribution in [3.8, 4) is 0 Å². The van der Waals surface area contributed by atoms with Crippen LogP contribution in [0.15, 0.2) is 18.2 Å². The fourth-order valence-corrected chi connectivity index (χ4v) is 1.96. The summed E-state index contributed by atoms with van der Waals surface area (Å²) in [4.78, 5) is 17.5. The van der Waals surface area contributed by atoms with Gasteiger partial charge in [-0.2, -0.15) is 0 Å². The van der Waals surface area contributed by atoms with E-state index in [1.807, 2.05) is 32.2 Å². The molecule has 1 aromatic heterocycles. The van der Waals surface area contributed by atoms with Crippen LogP contribution in [0.2, 0.25) is 0 Å². The highest BCUT2D eigenvalue weighted by molar-refractivity contribution is 5.77. The zero-order chi connectivity index (χ0) is 11.5. The first-order chi connectivity index (χ1) is 7.65. The fourth-order valence-electron chi connectivity index (χ4n) is 1.96. The van der Waals surface area contributed by atoms with Gasteiger partial charge in [-0.05, 0) is 25.5 Å². The number of hydrogen-bond donors (Lipinski definition) is 1. The molecule has 0 bridgehead atoms. The molecule has 1 amide bonds. The van der Waals surface area contributed by atoms with E-state index in [4.69, 9.17) is 0 Å². The van der Waals surface area contributed by atoms with Gasteiger partial charge in [0, 0.05) is 31.7 Å². The number of carbonyl (C=O) groups is 1. The molecule has 1 saturated heterocycles. The second kappa shape index (κ2) is 4.51. The van der Waals surface area contributed by atoms with Crippen LogP contribution in [-0.2, 0) is 4.79 Å². The number of hydrogen-bond acceptors (Lipinski definition) is 3. The van der Waals surface area contributed by atoms with Gasteiger partial charge in [0.2, 0.25) is 5.91 Å². The number of amides is 1. The molecule has 0 saturated carbocycles. The van der Waals surface area contributed by atoms with Crippen LogP contribution in [0.3, 0.4) is 0 Å². The summed E-state index contributed by atoms with van der Waals surface area (Å²) < 4.78 is 0. The second-order valence-corrected chi connectivity index (χ2v) is 4.32. The Kier molecular flexibility index (Phi) is 3.08. The number of aryl methyl sites for hydroxylation is 1. The first-order valence-electron chi connectivity index (χ1n) is 5.59. The minimum absolute atomic E-state index is 0.232. The molecule has 4 heteroatoms. The van der Waals surface area contributed by atoms with Gasteiger partial charge in [0.25, 0.3) is 0 Å². The van der Waals surface area contributed by atoms with Gasteiger partial charge in [-0.1, -0.05) is 6.07 Å². The number of anilines is 1. The molecule has 16 heavy (non-hydrogen) atoms. The Balaban J connectivity index is 1.98. The molecule has 0 spiro atoms. The van der Waals surface area contributed by atoms with Gasteiger partial charge >= 0.3 is 0 Å². The van der Waals surface area contributed by atoms with Crippen molar-refractivity contribution < 1.29 is 4.79 Å². The van der Waals surface area contributed by atoms with Crippen LogP contribution in [0.4, 0.5) is 5.82 Å². The maximum absolute atomic E-state index is 11.3. The highest BCUT2D eigenvalue weighted by atomic mass is 16.2. The van der Waals surface area contributed by atoms with Crippen LogP contribution < -0.4 is 5.32 Å². The van der Waals surface area contributed by atoms with Gasteiger partial charge in [-0.3, -0.25) is 4.79 Å². The molecule has 2 rings (SSSR count). The van der Waals surface area contributed by atoms with E-state index >= 15 is 0 Å². The lowest BCUT2D eigenvalue weighted by Crippen LogP contribution is -2.43. The molecule has 1 unspecified atom stereocenters. The number of nitrogens with zero attached hydrogens (tertiary/aromatic N) is 2. The van der Waals surface area contributed by atoms with Crippen molar-refractivity contribution in [3.05, 3.63) is 23.9 Å². The minimum atomic E-state index is 0.232. The predicted molar refractivity (Wildman–Crippen MR) is 63.3 cm³/mol. The van der Waals surface area contributed by atoms with E-state index in [9.17, 15) is 4.79 Å². The number of likely N-dealkylation sites (tertiary alicyclic amines) is 1. The Morgan fingerprint density at radius 3 is 3.00 bits per heavy atom. The number of rotatable bonds is 2. The third-order valence-corrected chi connectivity index (χ3v) is 2.87. The lowest BCUT2D eigenvalue weighted by Gasteiger charge is -2.30. The first kappa shape index (κ1) is 10.9. The van der Waals surface area contributed by atoms with Crippen molar-refractivity contribution in [2.75, 3.05) is 18.9 Å². The number of pyridine rings is 1. The molecule has 1 aliphatic heterocycles. The van der Waals surface area contributed by atoms with E-state index < -0.39 is 0 Å². The molecular formula is C12H17N3O. The molecule has 0 aliphatic carbocycles. The van der Waals surface area contributed by atoms with E-state index in [1.54, 1.807) is 4.90 Å². The number of aromatic nitrogens is 1. The van der Waals surface area contributed by atoms with Crippen molar-refractivity contribution >= 4 is 11.7 Å². The van der Waals surface area contributed by atoms with Crippen molar-refractivity contribution in [1.29, 1.82) is 0 Å². The zero-order valence-electron chi connectivity index (χ0n) is 9.73. The Labute approximate surface area is 95.7 Å². The normalized spacial score (nSPS) is 21.0. The highest BCUT2D eigenvalue weighted by Gasteiger charge is 2.22. The molecule has 1 fully saturated rings. The summed E-state index contributed by atoms with van der Waals surface area (Å²) in [5, 5.41) is 3.37. The van der Waals surface area contributed by atoms with E-state index in [0.717, 1.165) is 24.5 Å². The van der Waals surface area contributed by atoms with Gasteiger partial charge in [0.05, 0.1) is 0 Å². The van der Waals surface area contributed by atoms with E-state index in [-0.39, 0.29) is 5.91 Å². The predicted octanol–water partition coefficient (Wildman–Crippen LogP) is 1.42. The van der Waals surface area contributed by atoms with Gasteiger partial charge in [-0.25, -0.2) is 4.98 Å². The maximum Gasteiger partial charge on any atom is 0.222 e. The van der Waals surface area contributed by atoms with Crippen LogP contribution in [0.5, 0.6) is 0 Å². The molecule has 2 heterocycles. The molecule has 1 atom stereocenters. The minimum Gasteiger partial charge on any atom is -0.366 e. The number of nitrogens with one attached hydrogen (secondary N) is 1. The second-order valence-electron chi connectivity index (χ2n) is 4.32. The SMILES string of the molecule is Cc1cccc(NC2CCC(=O)N(C)C2)n1. The van der Waals surface area contributed by atoms with Crippen molar-refractivity contribution in [3.63, 3.8) is 0 Å². The lowest BCUT2D eigenvalue weighted by atomic mass is 10.1. The molecular weight excluding hydrogens is 202 g/mol. The largest absolute Gasteiger partial charge is 0.366 e. The highest BCUT2D eigenvalue weighted by Crippen LogP contribution is 2.14. The van der Waals surface area contributed by atoms with Crippen LogP contribution in [-0.4, -0.2) is 35.4 Å². The summed E-state index contributed by atoms with van der Waals surface area (Å²) in [6.45, 7) is 2.73. The summed E-state index contributed by atoms with van der Waals surface area (Å²) in [5.74, 6) is 1.13. The van der Waals surface area contributed by atoms with Crippen molar-refractivity contribution in [2.45, 2.75) is 25.8 Å². The van der Waals surface area contributed by atoms with Gasteiger partial charge in [0.1, 0.15) is 5.82 Å². The Morgan fingerprint density at radius 2 is 2.31 bits per heavy atom. The Bertz CT molecular complexity index is 392. The van der Waals surface area contributed by atoms with Crippen molar-refractivity contribution in [1.82, 2.24) is 9.88 Å². The average Bonchev–Trinajstić information content (AvgIpc) is 2.24. The zero-order valence-corrected chi connectivity index (χ0v) is 9.73. The third-order valence-electron chi connectivity index (χ3n) is 2.87. The maximum atomic E-state index is 11.3. The quantitative estimate of drug-likeness (QED) is 0.818. The molecule has 86 valence electrons. The summed E-state index contributed by atoms with van der Waals surface area (Å²) in [7, 11) is 1.85. The first-order valence-corrected chi connectivity index (χ1v) is 5.59. The molecule has 0 radical (unpaired) electrons. The molecule has 1 aromatic rings. The molecule has 4 nitrogen and oxygen atoms in total. The van der Waals surface area contributed by atoms with Crippen LogP contribution in [0, 0.1) is 6.92 Å². The van der Waals surface area contributed by atoms with Gasteiger partial charge in [-0.15, -0.1) is 0 Å². The van der Waals surface area contributed by atoms with Crippen LogP contribution >= 0.6 is 0 Å². The standard InChI is InChI=1S/C12H17N3O/c1-9-4-3-5-11(13-9)14-10-6-7-12(16)15(2)8-10/h3-5,10H,6-8H2,1-2H3,(H,13,14). The molecule has 0 aromatic carbocycles. The van der Waals surface area contributed by atoms with E-state index in [2.05, 4.69) is 10.3 Å². The van der Waals surface area contributed by atoms with Crippen molar-refractivity contribution in [2.24, 2.45) is 0 Å².